The number of hydrogen-bond acceptors (Lipinski definition) is 2. The maximum atomic E-state index is 3.65. The first-order valence-electron chi connectivity index (χ1n) is 6.76. The van der Waals surface area contributed by atoms with Gasteiger partial charge < -0.3 is 5.32 Å². The summed E-state index contributed by atoms with van der Waals surface area (Å²) in [6.07, 6.45) is 5.41. The second kappa shape index (κ2) is 7.24. The summed E-state index contributed by atoms with van der Waals surface area (Å²) in [6.45, 7) is 11.8. The average Bonchev–Trinajstić information content (AvgIpc) is 2.72. The van der Waals surface area contributed by atoms with Crippen LogP contribution in [0.3, 0.4) is 0 Å². The van der Waals surface area contributed by atoms with Crippen molar-refractivity contribution >= 4 is 0 Å². The molecular weight excluding hydrogens is 184 g/mol. The molecule has 0 radical (unpaired) electrons. The molecule has 0 spiro atoms. The van der Waals surface area contributed by atoms with E-state index in [9.17, 15) is 0 Å². The third-order valence-corrected chi connectivity index (χ3v) is 3.87. The molecule has 1 aliphatic heterocycles. The Labute approximate surface area is 95.4 Å². The molecule has 1 fully saturated rings. The summed E-state index contributed by atoms with van der Waals surface area (Å²) in [5.74, 6) is 0.876. The molecule has 2 heteroatoms. The van der Waals surface area contributed by atoms with Gasteiger partial charge in [-0.25, -0.2) is 0 Å². The normalized spacial score (nSPS) is 22.8. The fourth-order valence-corrected chi connectivity index (χ4v) is 2.57. The number of nitrogens with one attached hydrogen (secondary N) is 1. The molecule has 15 heavy (non-hydrogen) atoms. The van der Waals surface area contributed by atoms with Gasteiger partial charge in [-0.1, -0.05) is 33.6 Å². The van der Waals surface area contributed by atoms with E-state index in [2.05, 4.69) is 31.0 Å². The topological polar surface area (TPSA) is 15.3 Å². The number of nitrogens with zero attached hydrogens (tertiary/aromatic N) is 1. The van der Waals surface area contributed by atoms with Crippen molar-refractivity contribution in [2.45, 2.75) is 52.5 Å². The first-order valence-corrected chi connectivity index (χ1v) is 6.76. The molecule has 1 rings (SSSR count). The van der Waals surface area contributed by atoms with Gasteiger partial charge in [0.1, 0.15) is 0 Å². The molecule has 1 aliphatic rings. The van der Waals surface area contributed by atoms with Gasteiger partial charge in [0.25, 0.3) is 0 Å². The largest absolute Gasteiger partial charge is 0.315 e. The summed E-state index contributed by atoms with van der Waals surface area (Å²) in [5, 5.41) is 3.65. The van der Waals surface area contributed by atoms with Crippen LogP contribution in [-0.4, -0.2) is 37.1 Å². The Bertz CT molecular complexity index is 155. The summed E-state index contributed by atoms with van der Waals surface area (Å²) in [7, 11) is 0. The van der Waals surface area contributed by atoms with Crippen molar-refractivity contribution in [1.29, 1.82) is 0 Å². The molecular formula is C13H28N2. The zero-order valence-electron chi connectivity index (χ0n) is 10.8. The minimum atomic E-state index is 0.810. The summed E-state index contributed by atoms with van der Waals surface area (Å²) in [6, 6.07) is 0.810. The molecule has 0 aliphatic carbocycles. The van der Waals surface area contributed by atoms with Gasteiger partial charge in [-0.3, -0.25) is 4.90 Å². The highest BCUT2D eigenvalue weighted by Gasteiger charge is 2.22. The molecule has 0 amide bonds. The van der Waals surface area contributed by atoms with E-state index in [4.69, 9.17) is 0 Å². The van der Waals surface area contributed by atoms with Crippen LogP contribution in [0, 0.1) is 5.92 Å². The smallest absolute Gasteiger partial charge is 0.0220 e. The summed E-state index contributed by atoms with van der Waals surface area (Å²) in [5.41, 5.74) is 0. The first kappa shape index (κ1) is 13.0. The second-order valence-corrected chi connectivity index (χ2v) is 4.77. The summed E-state index contributed by atoms with van der Waals surface area (Å²) < 4.78 is 0. The van der Waals surface area contributed by atoms with Crippen LogP contribution in [0.2, 0.25) is 0 Å². The lowest BCUT2D eigenvalue weighted by Gasteiger charge is -2.24. The molecule has 1 atom stereocenters. The third kappa shape index (κ3) is 4.12. The van der Waals surface area contributed by atoms with Crippen molar-refractivity contribution < 1.29 is 0 Å². The van der Waals surface area contributed by atoms with E-state index in [-0.39, 0.29) is 0 Å². The fraction of sp³-hybridized carbons (Fsp3) is 1.00. The molecule has 1 saturated heterocycles. The van der Waals surface area contributed by atoms with Crippen LogP contribution in [0.25, 0.3) is 0 Å². The Balaban J connectivity index is 2.13. The van der Waals surface area contributed by atoms with Gasteiger partial charge in [0.15, 0.2) is 0 Å². The van der Waals surface area contributed by atoms with Crippen molar-refractivity contribution in [3.63, 3.8) is 0 Å². The molecule has 0 aromatic carbocycles. The minimum absolute atomic E-state index is 0.810. The standard InChI is InChI=1S/C13H28N2/c1-4-12(5-2)10-14-11-13-8-7-9-15(13)6-3/h12-14H,4-11H2,1-3H3/t13-/m1/s1. The molecule has 90 valence electrons. The van der Waals surface area contributed by atoms with Crippen molar-refractivity contribution in [3.8, 4) is 0 Å². The highest BCUT2D eigenvalue weighted by molar-refractivity contribution is 4.80. The van der Waals surface area contributed by atoms with Crippen LogP contribution >= 0.6 is 0 Å². The SMILES string of the molecule is CCC(CC)CNC[C@H]1CCCN1CC. The fourth-order valence-electron chi connectivity index (χ4n) is 2.57. The van der Waals surface area contributed by atoms with Gasteiger partial charge in [0.2, 0.25) is 0 Å². The Morgan fingerprint density at radius 1 is 1.27 bits per heavy atom. The highest BCUT2D eigenvalue weighted by Crippen LogP contribution is 2.15. The maximum Gasteiger partial charge on any atom is 0.0220 e. The number of hydrogen-bond donors (Lipinski definition) is 1. The van der Waals surface area contributed by atoms with E-state index in [1.807, 2.05) is 0 Å². The van der Waals surface area contributed by atoms with Crippen molar-refractivity contribution in [2.24, 2.45) is 5.92 Å². The van der Waals surface area contributed by atoms with Crippen molar-refractivity contribution in [3.05, 3.63) is 0 Å². The molecule has 1 heterocycles. The molecule has 0 unspecified atom stereocenters. The van der Waals surface area contributed by atoms with E-state index >= 15 is 0 Å². The molecule has 0 saturated carbocycles. The quantitative estimate of drug-likeness (QED) is 0.697. The lowest BCUT2D eigenvalue weighted by Crippen LogP contribution is -2.39. The molecule has 0 aromatic rings. The zero-order valence-corrected chi connectivity index (χ0v) is 10.8. The first-order chi connectivity index (χ1) is 7.31. The Hall–Kier alpha value is -0.0800. The number of likely N-dealkylation sites (N-methyl/N-ethyl adjacent to an activating group) is 1. The van der Waals surface area contributed by atoms with E-state index < -0.39 is 0 Å². The van der Waals surface area contributed by atoms with Crippen LogP contribution in [-0.2, 0) is 0 Å². The van der Waals surface area contributed by atoms with Gasteiger partial charge in [-0.05, 0) is 38.4 Å². The van der Waals surface area contributed by atoms with Gasteiger partial charge >= 0.3 is 0 Å². The van der Waals surface area contributed by atoms with E-state index in [0.717, 1.165) is 12.0 Å². The molecule has 1 N–H and O–H groups in total. The molecule has 2 nitrogen and oxygen atoms in total. The number of rotatable bonds is 7. The number of likely N-dealkylation sites (tertiary alicyclic amines) is 1. The van der Waals surface area contributed by atoms with E-state index in [0.29, 0.717) is 0 Å². The lowest BCUT2D eigenvalue weighted by molar-refractivity contribution is 0.256. The van der Waals surface area contributed by atoms with Gasteiger partial charge in [0.05, 0.1) is 0 Å². The Morgan fingerprint density at radius 2 is 2.00 bits per heavy atom. The van der Waals surface area contributed by atoms with Crippen LogP contribution in [0.4, 0.5) is 0 Å². The highest BCUT2D eigenvalue weighted by atomic mass is 15.2. The zero-order chi connectivity index (χ0) is 11.1. The van der Waals surface area contributed by atoms with Crippen molar-refractivity contribution in [1.82, 2.24) is 10.2 Å². The molecule has 0 bridgehead atoms. The monoisotopic (exact) mass is 212 g/mol. The lowest BCUT2D eigenvalue weighted by atomic mass is 10.0. The average molecular weight is 212 g/mol. The van der Waals surface area contributed by atoms with Gasteiger partial charge in [-0.2, -0.15) is 0 Å². The van der Waals surface area contributed by atoms with Crippen LogP contribution in [0.1, 0.15) is 46.5 Å². The van der Waals surface area contributed by atoms with Crippen LogP contribution in [0.15, 0.2) is 0 Å². The Morgan fingerprint density at radius 3 is 2.60 bits per heavy atom. The maximum absolute atomic E-state index is 3.65. The summed E-state index contributed by atoms with van der Waals surface area (Å²) in [4.78, 5) is 2.61. The predicted molar refractivity (Wildman–Crippen MR) is 67.2 cm³/mol. The van der Waals surface area contributed by atoms with E-state index in [1.54, 1.807) is 0 Å². The van der Waals surface area contributed by atoms with E-state index in [1.165, 1.54) is 51.9 Å². The van der Waals surface area contributed by atoms with Crippen LogP contribution < -0.4 is 5.32 Å². The third-order valence-electron chi connectivity index (χ3n) is 3.87. The minimum Gasteiger partial charge on any atom is -0.315 e. The predicted octanol–water partition coefficient (Wildman–Crippen LogP) is 2.50. The Kier molecular flexibility index (Phi) is 6.26. The molecule has 0 aromatic heterocycles. The van der Waals surface area contributed by atoms with Crippen LogP contribution in [0.5, 0.6) is 0 Å². The van der Waals surface area contributed by atoms with Crippen molar-refractivity contribution in [2.75, 3.05) is 26.2 Å². The summed E-state index contributed by atoms with van der Waals surface area (Å²) >= 11 is 0. The van der Waals surface area contributed by atoms with Gasteiger partial charge in [0, 0.05) is 12.6 Å². The second-order valence-electron chi connectivity index (χ2n) is 4.77. The van der Waals surface area contributed by atoms with Gasteiger partial charge in [-0.15, -0.1) is 0 Å².